The maximum Gasteiger partial charge on any atom is 0.254 e. The molecule has 2 N–H and O–H groups in total. The van der Waals surface area contributed by atoms with Gasteiger partial charge in [0.15, 0.2) is 0 Å². The molecule has 128 valence electrons. The molecule has 0 aliphatic heterocycles. The van der Waals surface area contributed by atoms with Crippen molar-refractivity contribution >= 4 is 17.5 Å². The highest BCUT2D eigenvalue weighted by molar-refractivity contribution is 6.32. The highest BCUT2D eigenvalue weighted by Gasteiger charge is 2.21. The Morgan fingerprint density at radius 1 is 1.46 bits per heavy atom. The Morgan fingerprint density at radius 3 is 3.00 bits per heavy atom. The average Bonchev–Trinajstić information content (AvgIpc) is 3.27. The third kappa shape index (κ3) is 4.56. The maximum atomic E-state index is 12.1. The fourth-order valence-corrected chi connectivity index (χ4v) is 2.46. The molecule has 6 nitrogen and oxygen atoms in total. The second kappa shape index (κ2) is 7.79. The Balaban J connectivity index is 1.49. The van der Waals surface area contributed by atoms with E-state index in [0.29, 0.717) is 28.8 Å². The normalized spacial score (nSPS) is 15.2. The molecule has 1 aliphatic carbocycles. The van der Waals surface area contributed by atoms with E-state index in [2.05, 4.69) is 10.4 Å². The van der Waals surface area contributed by atoms with Gasteiger partial charge in [-0.2, -0.15) is 5.10 Å². The van der Waals surface area contributed by atoms with Crippen LogP contribution in [0.15, 0.2) is 36.7 Å². The molecule has 24 heavy (non-hydrogen) atoms. The summed E-state index contributed by atoms with van der Waals surface area (Å²) in [6, 6.07) is 7.25. The third-order valence-electron chi connectivity index (χ3n) is 3.80. The monoisotopic (exact) mass is 349 g/mol. The Morgan fingerprint density at radius 2 is 2.25 bits per heavy atom. The van der Waals surface area contributed by atoms with Gasteiger partial charge >= 0.3 is 0 Å². The number of nitrogens with zero attached hydrogens (tertiary/aromatic N) is 2. The molecule has 1 amide bonds. The van der Waals surface area contributed by atoms with Gasteiger partial charge in [-0.1, -0.05) is 23.7 Å². The number of amides is 1. The SMILES string of the molecule is O=C(NCC(O)COCC1CC1)c1cnn(-c2ccccc2Cl)c1. The number of aliphatic hydroxyl groups is 1. The van der Waals surface area contributed by atoms with Crippen molar-refractivity contribution in [1.82, 2.24) is 15.1 Å². The summed E-state index contributed by atoms with van der Waals surface area (Å²) < 4.78 is 6.95. The number of hydrogen-bond donors (Lipinski definition) is 2. The van der Waals surface area contributed by atoms with Gasteiger partial charge in [0.25, 0.3) is 5.91 Å². The average molecular weight is 350 g/mol. The van der Waals surface area contributed by atoms with Crippen molar-refractivity contribution < 1.29 is 14.6 Å². The number of benzene rings is 1. The summed E-state index contributed by atoms with van der Waals surface area (Å²) in [7, 11) is 0. The fraction of sp³-hybridized carbons (Fsp3) is 0.412. The van der Waals surface area contributed by atoms with Crippen LogP contribution in [0.1, 0.15) is 23.2 Å². The molecule has 7 heteroatoms. The molecule has 1 aliphatic rings. The Kier molecular flexibility index (Phi) is 5.50. The minimum Gasteiger partial charge on any atom is -0.389 e. The van der Waals surface area contributed by atoms with Crippen molar-refractivity contribution in [3.8, 4) is 5.69 Å². The first-order valence-corrected chi connectivity index (χ1v) is 8.35. The van der Waals surface area contributed by atoms with Crippen LogP contribution in [0.3, 0.4) is 0 Å². The summed E-state index contributed by atoms with van der Waals surface area (Å²) >= 11 is 6.12. The largest absolute Gasteiger partial charge is 0.389 e. The number of nitrogens with one attached hydrogen (secondary N) is 1. The molecule has 0 bridgehead atoms. The molecule has 3 rings (SSSR count). The number of carbonyl (C=O) groups is 1. The van der Waals surface area contributed by atoms with Gasteiger partial charge < -0.3 is 15.2 Å². The highest BCUT2D eigenvalue weighted by Crippen LogP contribution is 2.28. The van der Waals surface area contributed by atoms with Gasteiger partial charge in [-0.15, -0.1) is 0 Å². The molecular weight excluding hydrogens is 330 g/mol. The van der Waals surface area contributed by atoms with Crippen LogP contribution in [0.2, 0.25) is 5.02 Å². The molecule has 1 aromatic carbocycles. The standard InChI is InChI=1S/C17H20ClN3O3/c18-15-3-1-2-4-16(15)21-9-13(7-20-21)17(23)19-8-14(22)11-24-10-12-5-6-12/h1-4,7,9,12,14,22H,5-6,8,10-11H2,(H,19,23). The molecule has 1 unspecified atom stereocenters. The number of rotatable bonds is 8. The second-order valence-corrected chi connectivity index (χ2v) is 6.38. The molecule has 1 aromatic heterocycles. The van der Waals surface area contributed by atoms with Gasteiger partial charge in [0.05, 0.1) is 35.2 Å². The number of ether oxygens (including phenoxy) is 1. The molecule has 1 saturated carbocycles. The maximum absolute atomic E-state index is 12.1. The summed E-state index contributed by atoms with van der Waals surface area (Å²) in [5.41, 5.74) is 1.10. The summed E-state index contributed by atoms with van der Waals surface area (Å²) in [4.78, 5) is 12.1. The van der Waals surface area contributed by atoms with E-state index in [-0.39, 0.29) is 19.1 Å². The van der Waals surface area contributed by atoms with Gasteiger partial charge in [-0.3, -0.25) is 4.79 Å². The molecule has 0 radical (unpaired) electrons. The summed E-state index contributed by atoms with van der Waals surface area (Å²) in [6.45, 7) is 1.06. The van der Waals surface area contributed by atoms with Crippen LogP contribution in [0.25, 0.3) is 5.69 Å². The van der Waals surface area contributed by atoms with E-state index >= 15 is 0 Å². The predicted octanol–water partition coefficient (Wildman–Crippen LogP) is 2.04. The van der Waals surface area contributed by atoms with Crippen molar-refractivity contribution in [1.29, 1.82) is 0 Å². The van der Waals surface area contributed by atoms with Gasteiger partial charge in [0.1, 0.15) is 0 Å². The first-order valence-electron chi connectivity index (χ1n) is 7.97. The lowest BCUT2D eigenvalue weighted by Crippen LogP contribution is -2.34. The van der Waals surface area contributed by atoms with Gasteiger partial charge in [-0.05, 0) is 30.9 Å². The lowest BCUT2D eigenvalue weighted by atomic mass is 10.3. The number of halogens is 1. The van der Waals surface area contributed by atoms with Crippen LogP contribution in [-0.4, -0.2) is 46.7 Å². The first kappa shape index (κ1) is 17.0. The number of aliphatic hydroxyl groups excluding tert-OH is 1. The molecule has 0 spiro atoms. The van der Waals surface area contributed by atoms with Crippen molar-refractivity contribution in [3.63, 3.8) is 0 Å². The summed E-state index contributed by atoms with van der Waals surface area (Å²) in [5.74, 6) is 0.358. The smallest absolute Gasteiger partial charge is 0.254 e. The number of para-hydroxylation sites is 1. The van der Waals surface area contributed by atoms with Crippen LogP contribution in [0, 0.1) is 5.92 Å². The van der Waals surface area contributed by atoms with Crippen molar-refractivity contribution in [2.75, 3.05) is 19.8 Å². The van der Waals surface area contributed by atoms with Crippen LogP contribution >= 0.6 is 11.6 Å². The van der Waals surface area contributed by atoms with Crippen LogP contribution in [-0.2, 0) is 4.74 Å². The summed E-state index contributed by atoms with van der Waals surface area (Å²) in [5, 5.41) is 17.2. The summed E-state index contributed by atoms with van der Waals surface area (Å²) in [6.07, 6.45) is 4.78. The number of carbonyl (C=O) groups excluding carboxylic acids is 1. The van der Waals surface area contributed by atoms with Gasteiger partial charge in [0.2, 0.25) is 0 Å². The zero-order valence-electron chi connectivity index (χ0n) is 13.2. The second-order valence-electron chi connectivity index (χ2n) is 5.97. The van der Waals surface area contributed by atoms with Crippen molar-refractivity contribution in [2.24, 2.45) is 5.92 Å². The van der Waals surface area contributed by atoms with E-state index in [4.69, 9.17) is 16.3 Å². The van der Waals surface area contributed by atoms with E-state index in [1.807, 2.05) is 18.2 Å². The van der Waals surface area contributed by atoms with Gasteiger partial charge in [-0.25, -0.2) is 4.68 Å². The highest BCUT2D eigenvalue weighted by atomic mass is 35.5. The molecule has 1 heterocycles. The number of hydrogen-bond acceptors (Lipinski definition) is 4. The van der Waals surface area contributed by atoms with Crippen LogP contribution in [0.4, 0.5) is 0 Å². The molecule has 2 aromatic rings. The van der Waals surface area contributed by atoms with E-state index < -0.39 is 6.10 Å². The van der Waals surface area contributed by atoms with E-state index in [9.17, 15) is 9.90 Å². The quantitative estimate of drug-likeness (QED) is 0.764. The Hall–Kier alpha value is -1.89. The molecule has 1 atom stereocenters. The first-order chi connectivity index (χ1) is 11.6. The fourth-order valence-electron chi connectivity index (χ4n) is 2.24. The molecule has 1 fully saturated rings. The van der Waals surface area contributed by atoms with Crippen LogP contribution in [0.5, 0.6) is 0 Å². The number of aromatic nitrogens is 2. The Bertz CT molecular complexity index is 700. The lowest BCUT2D eigenvalue weighted by molar-refractivity contribution is 0.0320. The van der Waals surface area contributed by atoms with E-state index in [1.54, 1.807) is 16.9 Å². The van der Waals surface area contributed by atoms with Crippen LogP contribution < -0.4 is 5.32 Å². The minimum absolute atomic E-state index is 0.140. The minimum atomic E-state index is -0.716. The zero-order chi connectivity index (χ0) is 16.9. The van der Waals surface area contributed by atoms with E-state index in [1.165, 1.54) is 19.0 Å². The van der Waals surface area contributed by atoms with Gasteiger partial charge in [0, 0.05) is 19.3 Å². The van der Waals surface area contributed by atoms with Crippen molar-refractivity contribution in [3.05, 3.63) is 47.2 Å². The third-order valence-corrected chi connectivity index (χ3v) is 4.12. The zero-order valence-corrected chi connectivity index (χ0v) is 13.9. The van der Waals surface area contributed by atoms with E-state index in [0.717, 1.165) is 0 Å². The molecular formula is C17H20ClN3O3. The molecule has 0 saturated heterocycles. The Labute approximate surface area is 145 Å². The van der Waals surface area contributed by atoms with Crippen molar-refractivity contribution in [2.45, 2.75) is 18.9 Å². The lowest BCUT2D eigenvalue weighted by Gasteiger charge is -2.11. The topological polar surface area (TPSA) is 76.4 Å². The predicted molar refractivity (Wildman–Crippen MR) is 90.5 cm³/mol.